The minimum Gasteiger partial charge on any atom is -0.495 e. The molecule has 0 atom stereocenters. The molecule has 2 aromatic carbocycles. The highest BCUT2D eigenvalue weighted by Crippen LogP contribution is 2.29. The number of benzene rings is 2. The van der Waals surface area contributed by atoms with Gasteiger partial charge >= 0.3 is 6.61 Å². The Hall–Kier alpha value is -2.74. The number of nitrogens with one attached hydrogen (secondary N) is 2. The minimum absolute atomic E-state index is 0.0361. The van der Waals surface area contributed by atoms with Gasteiger partial charge in [0.05, 0.1) is 19.9 Å². The molecule has 0 unspecified atom stereocenters. The van der Waals surface area contributed by atoms with Crippen LogP contribution in [0.1, 0.15) is 12.0 Å². The predicted molar refractivity (Wildman–Crippen MR) is 107 cm³/mol. The second-order valence-electron chi connectivity index (χ2n) is 5.99. The summed E-state index contributed by atoms with van der Waals surface area (Å²) in [5.41, 5.74) is 1.45. The van der Waals surface area contributed by atoms with Crippen molar-refractivity contribution in [3.8, 4) is 17.2 Å². The van der Waals surface area contributed by atoms with Crippen molar-refractivity contribution in [2.75, 3.05) is 32.6 Å². The standard InChI is InChI=1S/C20H23ClF2N2O4/c1-27-16-6-4-14(21)12-15(16)24-10-8-19(26)25-9-7-13-3-5-17(28-2)18(11-13)29-20(22)23/h3-6,11-12,20,24H,7-10H2,1-2H3,(H,25,26). The molecule has 0 spiro atoms. The van der Waals surface area contributed by atoms with Crippen LogP contribution in [-0.4, -0.2) is 39.8 Å². The lowest BCUT2D eigenvalue weighted by Gasteiger charge is -2.12. The van der Waals surface area contributed by atoms with Crippen LogP contribution in [0.25, 0.3) is 0 Å². The van der Waals surface area contributed by atoms with Crippen molar-refractivity contribution in [3.63, 3.8) is 0 Å². The maximum Gasteiger partial charge on any atom is 0.387 e. The van der Waals surface area contributed by atoms with E-state index in [1.807, 2.05) is 0 Å². The normalized spacial score (nSPS) is 10.6. The summed E-state index contributed by atoms with van der Waals surface area (Å²) >= 11 is 5.97. The molecule has 1 amide bonds. The molecule has 0 heterocycles. The molecule has 2 aromatic rings. The van der Waals surface area contributed by atoms with E-state index in [1.165, 1.54) is 13.2 Å². The van der Waals surface area contributed by atoms with Crippen molar-refractivity contribution < 1.29 is 27.8 Å². The van der Waals surface area contributed by atoms with Crippen LogP contribution >= 0.6 is 11.6 Å². The molecule has 0 aliphatic rings. The first-order valence-electron chi connectivity index (χ1n) is 8.88. The number of amides is 1. The third-order valence-corrected chi connectivity index (χ3v) is 4.24. The number of methoxy groups -OCH3 is 2. The summed E-state index contributed by atoms with van der Waals surface area (Å²) in [6.45, 7) is -2.18. The molecule has 0 bridgehead atoms. The molecule has 0 radical (unpaired) electrons. The van der Waals surface area contributed by atoms with Crippen LogP contribution in [0.2, 0.25) is 5.02 Å². The number of halogens is 3. The Bertz CT molecular complexity index is 821. The van der Waals surface area contributed by atoms with E-state index in [1.54, 1.807) is 37.4 Å². The number of carbonyl (C=O) groups excluding carboxylic acids is 1. The highest BCUT2D eigenvalue weighted by molar-refractivity contribution is 6.30. The zero-order chi connectivity index (χ0) is 21.2. The Labute approximate surface area is 173 Å². The fourth-order valence-electron chi connectivity index (χ4n) is 2.63. The summed E-state index contributed by atoms with van der Waals surface area (Å²) in [7, 11) is 2.93. The molecule has 0 aromatic heterocycles. The Kier molecular flexibility index (Phi) is 8.79. The predicted octanol–water partition coefficient (Wildman–Crippen LogP) is 4.12. The number of anilines is 1. The minimum atomic E-state index is -2.94. The third kappa shape index (κ3) is 7.30. The maximum atomic E-state index is 12.5. The van der Waals surface area contributed by atoms with Crippen molar-refractivity contribution in [1.82, 2.24) is 5.32 Å². The van der Waals surface area contributed by atoms with E-state index in [0.717, 1.165) is 5.56 Å². The number of alkyl halides is 2. The van der Waals surface area contributed by atoms with Crippen molar-refractivity contribution >= 4 is 23.2 Å². The van der Waals surface area contributed by atoms with Gasteiger partial charge in [-0.05, 0) is 42.3 Å². The van der Waals surface area contributed by atoms with Gasteiger partial charge in [0.1, 0.15) is 5.75 Å². The molecule has 2 rings (SSSR count). The topological polar surface area (TPSA) is 68.8 Å². The van der Waals surface area contributed by atoms with E-state index in [9.17, 15) is 13.6 Å². The average Bonchev–Trinajstić information content (AvgIpc) is 2.68. The zero-order valence-electron chi connectivity index (χ0n) is 16.1. The van der Waals surface area contributed by atoms with Crippen LogP contribution in [0.5, 0.6) is 17.2 Å². The van der Waals surface area contributed by atoms with Gasteiger partial charge < -0.3 is 24.8 Å². The van der Waals surface area contributed by atoms with Crippen molar-refractivity contribution in [2.24, 2.45) is 0 Å². The molecule has 6 nitrogen and oxygen atoms in total. The van der Waals surface area contributed by atoms with Crippen LogP contribution in [0.15, 0.2) is 36.4 Å². The first kappa shape index (κ1) is 22.5. The molecular formula is C20H23ClF2N2O4. The van der Waals surface area contributed by atoms with E-state index in [0.29, 0.717) is 36.0 Å². The Morgan fingerprint density at radius 1 is 1.03 bits per heavy atom. The molecule has 9 heteroatoms. The Balaban J connectivity index is 1.78. The average molecular weight is 429 g/mol. The summed E-state index contributed by atoms with van der Waals surface area (Å²) in [4.78, 5) is 12.0. The Morgan fingerprint density at radius 2 is 1.76 bits per heavy atom. The van der Waals surface area contributed by atoms with Crippen LogP contribution in [-0.2, 0) is 11.2 Å². The number of hydrogen-bond donors (Lipinski definition) is 2. The smallest absolute Gasteiger partial charge is 0.387 e. The molecule has 29 heavy (non-hydrogen) atoms. The fourth-order valence-corrected chi connectivity index (χ4v) is 2.80. The van der Waals surface area contributed by atoms with Crippen molar-refractivity contribution in [2.45, 2.75) is 19.5 Å². The number of carbonyl (C=O) groups is 1. The van der Waals surface area contributed by atoms with Gasteiger partial charge in [0.15, 0.2) is 11.5 Å². The number of rotatable bonds is 11. The van der Waals surface area contributed by atoms with Crippen molar-refractivity contribution in [1.29, 1.82) is 0 Å². The highest BCUT2D eigenvalue weighted by atomic mass is 35.5. The second-order valence-corrected chi connectivity index (χ2v) is 6.42. The van der Waals surface area contributed by atoms with Gasteiger partial charge in [-0.3, -0.25) is 4.79 Å². The van der Waals surface area contributed by atoms with E-state index in [4.69, 9.17) is 21.1 Å². The summed E-state index contributed by atoms with van der Waals surface area (Å²) in [6, 6.07) is 9.94. The lowest BCUT2D eigenvalue weighted by molar-refractivity contribution is -0.120. The van der Waals surface area contributed by atoms with Gasteiger partial charge in [-0.1, -0.05) is 17.7 Å². The lowest BCUT2D eigenvalue weighted by atomic mass is 10.1. The molecule has 0 aliphatic carbocycles. The highest BCUT2D eigenvalue weighted by Gasteiger charge is 2.11. The van der Waals surface area contributed by atoms with E-state index >= 15 is 0 Å². The molecular weight excluding hydrogens is 406 g/mol. The number of hydrogen-bond acceptors (Lipinski definition) is 5. The summed E-state index contributed by atoms with van der Waals surface area (Å²) in [6.07, 6.45) is 0.711. The first-order chi connectivity index (χ1) is 13.9. The molecule has 2 N–H and O–H groups in total. The molecule has 0 saturated heterocycles. The molecule has 0 saturated carbocycles. The Morgan fingerprint density at radius 3 is 2.45 bits per heavy atom. The van der Waals surface area contributed by atoms with Crippen LogP contribution in [0.3, 0.4) is 0 Å². The van der Waals surface area contributed by atoms with Crippen LogP contribution in [0, 0.1) is 0 Å². The quantitative estimate of drug-likeness (QED) is 0.563. The SMILES string of the molecule is COc1ccc(Cl)cc1NCCC(=O)NCCc1ccc(OC)c(OC(F)F)c1. The van der Waals surface area contributed by atoms with Gasteiger partial charge in [-0.25, -0.2) is 0 Å². The lowest BCUT2D eigenvalue weighted by Crippen LogP contribution is -2.27. The molecule has 0 aliphatic heterocycles. The maximum absolute atomic E-state index is 12.5. The number of ether oxygens (including phenoxy) is 3. The van der Waals surface area contributed by atoms with Crippen LogP contribution in [0.4, 0.5) is 14.5 Å². The molecule has 0 fully saturated rings. The van der Waals surface area contributed by atoms with E-state index < -0.39 is 6.61 Å². The van der Waals surface area contributed by atoms with Gasteiger partial charge in [0.25, 0.3) is 0 Å². The third-order valence-electron chi connectivity index (χ3n) is 4.01. The fraction of sp³-hybridized carbons (Fsp3) is 0.350. The van der Waals surface area contributed by atoms with Crippen LogP contribution < -0.4 is 24.8 Å². The largest absolute Gasteiger partial charge is 0.495 e. The van der Waals surface area contributed by atoms with Gasteiger partial charge in [0, 0.05) is 24.5 Å². The molecule has 158 valence electrons. The summed E-state index contributed by atoms with van der Waals surface area (Å²) < 4.78 is 39.6. The summed E-state index contributed by atoms with van der Waals surface area (Å²) in [5.74, 6) is 0.679. The summed E-state index contributed by atoms with van der Waals surface area (Å²) in [5, 5.41) is 6.46. The van der Waals surface area contributed by atoms with E-state index in [-0.39, 0.29) is 23.8 Å². The van der Waals surface area contributed by atoms with Crippen molar-refractivity contribution in [3.05, 3.63) is 47.0 Å². The van der Waals surface area contributed by atoms with Gasteiger partial charge in [-0.2, -0.15) is 8.78 Å². The van der Waals surface area contributed by atoms with E-state index in [2.05, 4.69) is 15.4 Å². The zero-order valence-corrected chi connectivity index (χ0v) is 16.9. The second kappa shape index (κ2) is 11.3. The first-order valence-corrected chi connectivity index (χ1v) is 9.26. The van der Waals surface area contributed by atoms with Gasteiger partial charge in [-0.15, -0.1) is 0 Å². The van der Waals surface area contributed by atoms with Gasteiger partial charge in [0.2, 0.25) is 5.91 Å². The monoisotopic (exact) mass is 428 g/mol.